The van der Waals surface area contributed by atoms with Crippen LogP contribution in [0.2, 0.25) is 0 Å². The Kier molecular flexibility index (Phi) is 3.07. The minimum absolute atomic E-state index is 0.718. The van der Waals surface area contributed by atoms with Gasteiger partial charge in [-0.15, -0.1) is 0 Å². The van der Waals surface area contributed by atoms with E-state index >= 15 is 0 Å². The molecule has 0 saturated carbocycles. The van der Waals surface area contributed by atoms with Gasteiger partial charge in [-0.25, -0.2) is 0 Å². The highest BCUT2D eigenvalue weighted by Gasteiger charge is 2.11. The van der Waals surface area contributed by atoms with Gasteiger partial charge in [-0.1, -0.05) is 24.3 Å². The number of hydrogen-bond donors (Lipinski definition) is 1. The van der Waals surface area contributed by atoms with Gasteiger partial charge in [-0.3, -0.25) is 4.57 Å². The number of fused-ring (bicyclic) bond motifs is 1. The van der Waals surface area contributed by atoms with Crippen LogP contribution in [0.25, 0.3) is 16.7 Å². The number of H-pyrrole nitrogens is 1. The van der Waals surface area contributed by atoms with Gasteiger partial charge in [0, 0.05) is 4.47 Å². The van der Waals surface area contributed by atoms with Crippen molar-refractivity contribution >= 4 is 39.2 Å². The first-order valence-electron chi connectivity index (χ1n) is 6.05. The lowest BCUT2D eigenvalue weighted by atomic mass is 10.2. The Morgan fingerprint density at radius 3 is 2.53 bits per heavy atom. The van der Waals surface area contributed by atoms with Crippen molar-refractivity contribution in [1.29, 1.82) is 0 Å². The number of hydrogen-bond acceptors (Lipinski definition) is 1. The standard InChI is InChI=1S/C15H13BrN2S/c1-9-5-4-8-12(13(9)16)18-14-10(2)6-3-7-11(14)17-15(18)19/h3-8H,1-2H3,(H,17,19). The first-order chi connectivity index (χ1) is 9.09. The zero-order valence-electron chi connectivity index (χ0n) is 10.7. The van der Waals surface area contributed by atoms with E-state index in [2.05, 4.69) is 63.6 Å². The Morgan fingerprint density at radius 1 is 1.05 bits per heavy atom. The molecule has 0 aliphatic rings. The second-order valence-electron chi connectivity index (χ2n) is 4.64. The molecule has 0 fully saturated rings. The monoisotopic (exact) mass is 332 g/mol. The van der Waals surface area contributed by atoms with Crippen LogP contribution in [-0.2, 0) is 0 Å². The summed E-state index contributed by atoms with van der Waals surface area (Å²) in [4.78, 5) is 3.27. The van der Waals surface area contributed by atoms with Crippen molar-refractivity contribution in [2.45, 2.75) is 13.8 Å². The van der Waals surface area contributed by atoms with Crippen LogP contribution in [0.5, 0.6) is 0 Å². The molecule has 3 aromatic rings. The SMILES string of the molecule is Cc1cccc(-n2c(=S)[nH]c3cccc(C)c32)c1Br. The highest BCUT2D eigenvalue weighted by atomic mass is 79.9. The van der Waals surface area contributed by atoms with Crippen molar-refractivity contribution in [3.05, 3.63) is 56.8 Å². The Hall–Kier alpha value is -1.39. The molecule has 1 N–H and O–H groups in total. The molecule has 0 saturated heterocycles. The highest BCUT2D eigenvalue weighted by molar-refractivity contribution is 9.10. The van der Waals surface area contributed by atoms with Gasteiger partial charge in [0.15, 0.2) is 4.77 Å². The molecule has 1 aromatic heterocycles. The summed E-state index contributed by atoms with van der Waals surface area (Å²) in [6, 6.07) is 12.4. The van der Waals surface area contributed by atoms with Crippen LogP contribution >= 0.6 is 28.1 Å². The normalized spacial score (nSPS) is 11.1. The largest absolute Gasteiger partial charge is 0.330 e. The number of rotatable bonds is 1. The molecule has 0 unspecified atom stereocenters. The summed E-state index contributed by atoms with van der Waals surface area (Å²) < 4.78 is 3.89. The molecule has 3 rings (SSSR count). The Bertz CT molecular complexity index is 830. The summed E-state index contributed by atoms with van der Waals surface area (Å²) in [5, 5.41) is 0. The minimum atomic E-state index is 0.718. The fraction of sp³-hybridized carbons (Fsp3) is 0.133. The fourth-order valence-electron chi connectivity index (χ4n) is 2.36. The van der Waals surface area contributed by atoms with Gasteiger partial charge in [0.05, 0.1) is 16.7 Å². The number of para-hydroxylation sites is 1. The van der Waals surface area contributed by atoms with Gasteiger partial charge >= 0.3 is 0 Å². The molecule has 0 aliphatic carbocycles. The molecular weight excluding hydrogens is 320 g/mol. The van der Waals surface area contributed by atoms with E-state index in [1.54, 1.807) is 0 Å². The van der Waals surface area contributed by atoms with Crippen LogP contribution in [0, 0.1) is 18.6 Å². The van der Waals surface area contributed by atoms with E-state index in [0.29, 0.717) is 0 Å². The number of halogens is 1. The zero-order chi connectivity index (χ0) is 13.6. The summed E-state index contributed by atoms with van der Waals surface area (Å²) in [6.07, 6.45) is 0. The Morgan fingerprint density at radius 2 is 1.74 bits per heavy atom. The van der Waals surface area contributed by atoms with Crippen LogP contribution in [0.1, 0.15) is 11.1 Å². The molecule has 0 amide bonds. The molecule has 0 aliphatic heterocycles. The summed E-state index contributed by atoms with van der Waals surface area (Å²) >= 11 is 9.15. The van der Waals surface area contributed by atoms with Gasteiger partial charge < -0.3 is 4.98 Å². The van der Waals surface area contributed by atoms with Crippen LogP contribution in [0.3, 0.4) is 0 Å². The van der Waals surface area contributed by atoms with Gasteiger partial charge in [-0.05, 0) is 65.3 Å². The summed E-state index contributed by atoms with van der Waals surface area (Å²) in [6.45, 7) is 4.18. The van der Waals surface area contributed by atoms with Gasteiger partial charge in [0.1, 0.15) is 0 Å². The van der Waals surface area contributed by atoms with Gasteiger partial charge in [-0.2, -0.15) is 0 Å². The number of nitrogens with one attached hydrogen (secondary N) is 1. The molecular formula is C15H13BrN2S. The first kappa shape index (κ1) is 12.6. The Labute approximate surface area is 125 Å². The van der Waals surface area contributed by atoms with Crippen molar-refractivity contribution in [2.24, 2.45) is 0 Å². The van der Waals surface area contributed by atoms with Gasteiger partial charge in [0.2, 0.25) is 0 Å². The van der Waals surface area contributed by atoms with Crippen LogP contribution in [0.4, 0.5) is 0 Å². The molecule has 2 nitrogen and oxygen atoms in total. The van der Waals surface area contributed by atoms with Crippen LogP contribution in [-0.4, -0.2) is 9.55 Å². The molecule has 2 aromatic carbocycles. The van der Waals surface area contributed by atoms with Crippen LogP contribution < -0.4 is 0 Å². The van der Waals surface area contributed by atoms with Crippen molar-refractivity contribution in [2.75, 3.05) is 0 Å². The van der Waals surface area contributed by atoms with E-state index in [9.17, 15) is 0 Å². The third-order valence-electron chi connectivity index (χ3n) is 3.32. The van der Waals surface area contributed by atoms with E-state index in [1.807, 2.05) is 12.1 Å². The lowest BCUT2D eigenvalue weighted by Crippen LogP contribution is -1.97. The lowest BCUT2D eigenvalue weighted by molar-refractivity contribution is 1.05. The zero-order valence-corrected chi connectivity index (χ0v) is 13.1. The fourth-order valence-corrected chi connectivity index (χ4v) is 3.11. The molecule has 96 valence electrons. The van der Waals surface area contributed by atoms with E-state index < -0.39 is 0 Å². The molecule has 4 heteroatoms. The molecule has 19 heavy (non-hydrogen) atoms. The third-order valence-corrected chi connectivity index (χ3v) is 4.63. The van der Waals surface area contributed by atoms with Crippen molar-refractivity contribution in [3.8, 4) is 5.69 Å². The first-order valence-corrected chi connectivity index (χ1v) is 7.25. The van der Waals surface area contributed by atoms with Crippen molar-refractivity contribution in [3.63, 3.8) is 0 Å². The average molecular weight is 333 g/mol. The number of imidazole rings is 1. The third kappa shape index (κ3) is 1.95. The maximum atomic E-state index is 5.48. The molecule has 0 spiro atoms. The highest BCUT2D eigenvalue weighted by Crippen LogP contribution is 2.29. The predicted octanol–water partition coefficient (Wildman–Crippen LogP) is 5.07. The maximum Gasteiger partial charge on any atom is 0.182 e. The maximum absolute atomic E-state index is 5.48. The summed E-state index contributed by atoms with van der Waals surface area (Å²) in [7, 11) is 0. The minimum Gasteiger partial charge on any atom is -0.330 e. The van der Waals surface area contributed by atoms with Gasteiger partial charge in [0.25, 0.3) is 0 Å². The average Bonchev–Trinajstić information content (AvgIpc) is 2.71. The summed E-state index contributed by atoms with van der Waals surface area (Å²) in [5.74, 6) is 0. The predicted molar refractivity (Wildman–Crippen MR) is 85.6 cm³/mol. The second-order valence-corrected chi connectivity index (χ2v) is 5.82. The number of aromatic nitrogens is 2. The Balaban J connectivity index is 2.46. The number of nitrogens with zero attached hydrogens (tertiary/aromatic N) is 1. The van der Waals surface area contributed by atoms with E-state index in [1.165, 1.54) is 11.1 Å². The van der Waals surface area contributed by atoms with E-state index in [-0.39, 0.29) is 0 Å². The molecule has 1 heterocycles. The van der Waals surface area contributed by atoms with Crippen LogP contribution in [0.15, 0.2) is 40.9 Å². The number of benzene rings is 2. The van der Waals surface area contributed by atoms with Crippen molar-refractivity contribution < 1.29 is 0 Å². The number of aryl methyl sites for hydroxylation is 2. The second kappa shape index (κ2) is 4.62. The number of aromatic amines is 1. The topological polar surface area (TPSA) is 20.7 Å². The molecule has 0 radical (unpaired) electrons. The smallest absolute Gasteiger partial charge is 0.182 e. The van der Waals surface area contributed by atoms with E-state index in [0.717, 1.165) is 26.0 Å². The lowest BCUT2D eigenvalue weighted by Gasteiger charge is -2.10. The summed E-state index contributed by atoms with van der Waals surface area (Å²) in [5.41, 5.74) is 5.68. The quantitative estimate of drug-likeness (QED) is 0.617. The molecule has 0 atom stereocenters. The molecule has 0 bridgehead atoms. The van der Waals surface area contributed by atoms with E-state index in [4.69, 9.17) is 12.2 Å². The van der Waals surface area contributed by atoms with Crippen molar-refractivity contribution in [1.82, 2.24) is 9.55 Å².